The summed E-state index contributed by atoms with van der Waals surface area (Å²) in [7, 11) is 0. The van der Waals surface area contributed by atoms with E-state index in [0.717, 1.165) is 38.0 Å². The highest BCUT2D eigenvalue weighted by Gasteiger charge is 2.40. The normalized spacial score (nSPS) is 18.9. The molecule has 0 aromatic carbocycles. The van der Waals surface area contributed by atoms with E-state index in [-0.39, 0.29) is 5.54 Å². The first-order valence-electron chi connectivity index (χ1n) is 5.57. The zero-order valence-electron chi connectivity index (χ0n) is 9.31. The average molecular weight is 220 g/mol. The summed E-state index contributed by atoms with van der Waals surface area (Å²) in [6, 6.07) is 0. The van der Waals surface area contributed by atoms with Crippen LogP contribution in [0.15, 0.2) is 0 Å². The molecule has 1 fully saturated rings. The first-order chi connectivity index (χ1) is 6.68. The molecule has 0 atom stereocenters. The molecule has 1 aliphatic carbocycles. The fourth-order valence-electron chi connectivity index (χ4n) is 1.32. The molecule has 3 heteroatoms. The van der Waals surface area contributed by atoms with Crippen LogP contribution in [0.3, 0.4) is 0 Å². The quantitative estimate of drug-likeness (QED) is 0.500. The highest BCUT2D eigenvalue weighted by atomic mass is 35.5. The summed E-state index contributed by atoms with van der Waals surface area (Å²) in [5, 5.41) is 3.45. The Bertz CT molecular complexity index is 157. The zero-order valence-corrected chi connectivity index (χ0v) is 10.1. The Morgan fingerprint density at radius 2 is 2.07 bits per heavy atom. The van der Waals surface area contributed by atoms with E-state index in [0.29, 0.717) is 0 Å². The summed E-state index contributed by atoms with van der Waals surface area (Å²) in [5.41, 5.74) is 0.267. The van der Waals surface area contributed by atoms with Crippen LogP contribution in [-0.2, 0) is 4.74 Å². The number of nitrogens with one attached hydrogen (secondary N) is 1. The van der Waals surface area contributed by atoms with E-state index in [2.05, 4.69) is 19.2 Å². The van der Waals surface area contributed by atoms with Crippen molar-refractivity contribution in [2.75, 3.05) is 25.6 Å². The smallest absolute Gasteiger partial charge is 0.0591 e. The predicted octanol–water partition coefficient (Wildman–Crippen LogP) is 2.41. The van der Waals surface area contributed by atoms with Crippen LogP contribution in [0.5, 0.6) is 0 Å². The van der Waals surface area contributed by atoms with Crippen LogP contribution in [-0.4, -0.2) is 31.2 Å². The van der Waals surface area contributed by atoms with Crippen molar-refractivity contribution in [3.05, 3.63) is 0 Å². The molecular formula is C11H22ClNO. The maximum absolute atomic E-state index is 5.83. The number of hydrogen-bond acceptors (Lipinski definition) is 2. The standard InChI is InChI=1S/C11H22ClNO/c1-10(2)3-7-14-8-6-13-11(9-12)4-5-11/h10,13H,3-9H2,1-2H3. The van der Waals surface area contributed by atoms with Crippen molar-refractivity contribution in [3.8, 4) is 0 Å². The lowest BCUT2D eigenvalue weighted by molar-refractivity contribution is 0.123. The van der Waals surface area contributed by atoms with Crippen LogP contribution in [0.1, 0.15) is 33.1 Å². The lowest BCUT2D eigenvalue weighted by Crippen LogP contribution is -2.35. The van der Waals surface area contributed by atoms with Gasteiger partial charge in [-0.25, -0.2) is 0 Å². The maximum Gasteiger partial charge on any atom is 0.0591 e. The van der Waals surface area contributed by atoms with Crippen molar-refractivity contribution < 1.29 is 4.74 Å². The molecule has 0 bridgehead atoms. The zero-order chi connectivity index (χ0) is 10.4. The molecule has 0 saturated heterocycles. The van der Waals surface area contributed by atoms with Crippen LogP contribution in [0.2, 0.25) is 0 Å². The number of alkyl halides is 1. The van der Waals surface area contributed by atoms with Crippen molar-refractivity contribution in [1.82, 2.24) is 5.32 Å². The van der Waals surface area contributed by atoms with E-state index in [1.165, 1.54) is 12.8 Å². The molecule has 0 unspecified atom stereocenters. The molecule has 1 aliphatic rings. The second-order valence-electron chi connectivity index (χ2n) is 4.64. The largest absolute Gasteiger partial charge is 0.380 e. The van der Waals surface area contributed by atoms with Gasteiger partial charge in [-0.05, 0) is 25.2 Å². The van der Waals surface area contributed by atoms with Gasteiger partial charge < -0.3 is 10.1 Å². The summed E-state index contributed by atoms with van der Waals surface area (Å²) in [6.07, 6.45) is 3.60. The summed E-state index contributed by atoms with van der Waals surface area (Å²) in [6.45, 7) is 7.06. The van der Waals surface area contributed by atoms with Gasteiger partial charge in [-0.1, -0.05) is 13.8 Å². The third-order valence-electron chi connectivity index (χ3n) is 2.70. The van der Waals surface area contributed by atoms with E-state index < -0.39 is 0 Å². The molecule has 1 saturated carbocycles. The molecule has 0 amide bonds. The minimum absolute atomic E-state index is 0.267. The molecule has 14 heavy (non-hydrogen) atoms. The molecule has 0 spiro atoms. The van der Waals surface area contributed by atoms with Crippen molar-refractivity contribution in [2.24, 2.45) is 5.92 Å². The Balaban J connectivity index is 1.85. The van der Waals surface area contributed by atoms with Gasteiger partial charge in [0.05, 0.1) is 6.61 Å². The first kappa shape index (κ1) is 12.3. The van der Waals surface area contributed by atoms with Gasteiger partial charge in [0.25, 0.3) is 0 Å². The van der Waals surface area contributed by atoms with Crippen LogP contribution in [0, 0.1) is 5.92 Å². The lowest BCUT2D eigenvalue weighted by atomic mass is 10.1. The molecule has 0 heterocycles. The fraction of sp³-hybridized carbons (Fsp3) is 1.00. The topological polar surface area (TPSA) is 21.3 Å². The summed E-state index contributed by atoms with van der Waals surface area (Å²) in [5.74, 6) is 1.47. The molecule has 0 aliphatic heterocycles. The van der Waals surface area contributed by atoms with Gasteiger partial charge in [0, 0.05) is 24.6 Å². The highest BCUT2D eigenvalue weighted by Crippen LogP contribution is 2.35. The summed E-state index contributed by atoms with van der Waals surface area (Å²) < 4.78 is 5.51. The van der Waals surface area contributed by atoms with E-state index in [1.54, 1.807) is 0 Å². The van der Waals surface area contributed by atoms with E-state index in [9.17, 15) is 0 Å². The maximum atomic E-state index is 5.83. The molecule has 1 N–H and O–H groups in total. The van der Waals surface area contributed by atoms with Gasteiger partial charge in [0.1, 0.15) is 0 Å². The van der Waals surface area contributed by atoms with Crippen molar-refractivity contribution in [2.45, 2.75) is 38.6 Å². The monoisotopic (exact) mass is 219 g/mol. The van der Waals surface area contributed by atoms with Crippen molar-refractivity contribution in [1.29, 1.82) is 0 Å². The molecule has 84 valence electrons. The summed E-state index contributed by atoms with van der Waals surface area (Å²) in [4.78, 5) is 0. The minimum Gasteiger partial charge on any atom is -0.380 e. The Kier molecular flexibility index (Phi) is 5.21. The number of hydrogen-bond donors (Lipinski definition) is 1. The summed E-state index contributed by atoms with van der Waals surface area (Å²) >= 11 is 5.83. The van der Waals surface area contributed by atoms with Gasteiger partial charge in [-0.2, -0.15) is 0 Å². The van der Waals surface area contributed by atoms with Crippen LogP contribution in [0.25, 0.3) is 0 Å². The third-order valence-corrected chi connectivity index (χ3v) is 3.21. The first-order valence-corrected chi connectivity index (χ1v) is 6.11. The second-order valence-corrected chi connectivity index (χ2v) is 4.90. The SMILES string of the molecule is CC(C)CCOCCNC1(CCl)CC1. The number of ether oxygens (including phenoxy) is 1. The molecule has 0 aromatic heterocycles. The average Bonchev–Trinajstić information content (AvgIpc) is 2.91. The van der Waals surface area contributed by atoms with E-state index in [4.69, 9.17) is 16.3 Å². The van der Waals surface area contributed by atoms with Crippen LogP contribution in [0.4, 0.5) is 0 Å². The predicted molar refractivity (Wildman–Crippen MR) is 61.0 cm³/mol. The fourth-order valence-corrected chi connectivity index (χ4v) is 1.68. The molecule has 2 nitrogen and oxygen atoms in total. The van der Waals surface area contributed by atoms with Gasteiger partial charge in [-0.3, -0.25) is 0 Å². The van der Waals surface area contributed by atoms with E-state index >= 15 is 0 Å². The molecule has 0 aromatic rings. The van der Waals surface area contributed by atoms with Gasteiger partial charge in [0.2, 0.25) is 0 Å². The van der Waals surface area contributed by atoms with Crippen molar-refractivity contribution in [3.63, 3.8) is 0 Å². The van der Waals surface area contributed by atoms with Gasteiger partial charge in [0.15, 0.2) is 0 Å². The van der Waals surface area contributed by atoms with Gasteiger partial charge in [-0.15, -0.1) is 11.6 Å². The Morgan fingerprint density at radius 3 is 2.57 bits per heavy atom. The second kappa shape index (κ2) is 5.94. The van der Waals surface area contributed by atoms with E-state index in [1.807, 2.05) is 0 Å². The molecular weight excluding hydrogens is 198 g/mol. The molecule has 0 radical (unpaired) electrons. The number of halogens is 1. The highest BCUT2D eigenvalue weighted by molar-refractivity contribution is 6.18. The van der Waals surface area contributed by atoms with Crippen LogP contribution < -0.4 is 5.32 Å². The lowest BCUT2D eigenvalue weighted by Gasteiger charge is -2.13. The van der Waals surface area contributed by atoms with Crippen LogP contribution >= 0.6 is 11.6 Å². The Hall–Kier alpha value is 0.210. The minimum atomic E-state index is 0.267. The third kappa shape index (κ3) is 4.63. The molecule has 1 rings (SSSR count). The van der Waals surface area contributed by atoms with Crippen molar-refractivity contribution >= 4 is 11.6 Å². The number of rotatable bonds is 8. The Morgan fingerprint density at radius 1 is 1.36 bits per heavy atom. The Labute approximate surface area is 92.3 Å². The van der Waals surface area contributed by atoms with Gasteiger partial charge >= 0.3 is 0 Å².